The third-order valence-corrected chi connectivity index (χ3v) is 2.51. The molecule has 0 radical (unpaired) electrons. The number of aromatic nitrogens is 2. The Labute approximate surface area is 87.3 Å². The van der Waals surface area contributed by atoms with Crippen LogP contribution in [-0.2, 0) is 11.2 Å². The van der Waals surface area contributed by atoms with Gasteiger partial charge in [0.05, 0.1) is 17.1 Å². The quantitative estimate of drug-likeness (QED) is 0.798. The maximum absolute atomic E-state index is 11.0. The Kier molecular flexibility index (Phi) is 2.60. The molecule has 1 unspecified atom stereocenters. The molecule has 4 heteroatoms. The van der Waals surface area contributed by atoms with E-state index in [0.29, 0.717) is 0 Å². The van der Waals surface area contributed by atoms with E-state index in [4.69, 9.17) is 4.74 Å². The highest BCUT2D eigenvalue weighted by Gasteiger charge is 2.04. The molecule has 1 atom stereocenters. The Bertz CT molecular complexity index is 513. The average Bonchev–Trinajstić information content (AvgIpc) is 2.57. The van der Waals surface area contributed by atoms with Crippen LogP contribution in [0.4, 0.5) is 0 Å². The summed E-state index contributed by atoms with van der Waals surface area (Å²) in [4.78, 5) is 16.5. The minimum absolute atomic E-state index is 0.165. The van der Waals surface area contributed by atoms with E-state index in [0.717, 1.165) is 23.0 Å². The van der Waals surface area contributed by atoms with E-state index < -0.39 is 0 Å². The van der Waals surface area contributed by atoms with Crippen LogP contribution in [0.3, 0.4) is 0 Å². The summed E-state index contributed by atoms with van der Waals surface area (Å²) < 4.78 is 5.19. The van der Waals surface area contributed by atoms with Crippen LogP contribution in [0.1, 0.15) is 12.5 Å². The van der Waals surface area contributed by atoms with E-state index in [9.17, 15) is 4.79 Å². The zero-order chi connectivity index (χ0) is 10.8. The second-order valence-corrected chi connectivity index (χ2v) is 3.71. The summed E-state index contributed by atoms with van der Waals surface area (Å²) in [6, 6.07) is 5.88. The van der Waals surface area contributed by atoms with Gasteiger partial charge < -0.3 is 14.7 Å². The van der Waals surface area contributed by atoms with Gasteiger partial charge in [-0.05, 0) is 31.0 Å². The third-order valence-electron chi connectivity index (χ3n) is 2.51. The number of methoxy groups -OCH3 is 1. The molecule has 0 aliphatic carbocycles. The monoisotopic (exact) mass is 206 g/mol. The maximum Gasteiger partial charge on any atom is 0.323 e. The molecule has 2 aromatic rings. The molecule has 4 nitrogen and oxygen atoms in total. The average molecular weight is 206 g/mol. The van der Waals surface area contributed by atoms with Gasteiger partial charge >= 0.3 is 5.69 Å². The lowest BCUT2D eigenvalue weighted by molar-refractivity contribution is 0.119. The third kappa shape index (κ3) is 2.10. The molecule has 2 N–H and O–H groups in total. The molecule has 0 fully saturated rings. The molecule has 0 saturated heterocycles. The zero-order valence-electron chi connectivity index (χ0n) is 8.83. The van der Waals surface area contributed by atoms with E-state index in [1.807, 2.05) is 25.1 Å². The van der Waals surface area contributed by atoms with Crippen molar-refractivity contribution in [3.63, 3.8) is 0 Å². The van der Waals surface area contributed by atoms with Gasteiger partial charge in [0, 0.05) is 7.11 Å². The van der Waals surface area contributed by atoms with Crippen molar-refractivity contribution in [2.24, 2.45) is 0 Å². The Morgan fingerprint density at radius 3 is 2.80 bits per heavy atom. The van der Waals surface area contributed by atoms with Crippen molar-refractivity contribution in [3.8, 4) is 0 Å². The first-order valence-electron chi connectivity index (χ1n) is 4.93. The molecular formula is C11H14N2O2. The van der Waals surface area contributed by atoms with E-state index in [2.05, 4.69) is 9.97 Å². The van der Waals surface area contributed by atoms with Crippen LogP contribution in [0.2, 0.25) is 0 Å². The Hall–Kier alpha value is -1.55. The Morgan fingerprint density at radius 1 is 1.33 bits per heavy atom. The number of H-pyrrole nitrogens is 2. The van der Waals surface area contributed by atoms with E-state index in [1.54, 1.807) is 7.11 Å². The van der Waals surface area contributed by atoms with Gasteiger partial charge in [0.1, 0.15) is 0 Å². The molecule has 0 amide bonds. The lowest BCUT2D eigenvalue weighted by Gasteiger charge is -2.08. The predicted octanol–water partition coefficient (Wildman–Crippen LogP) is 1.43. The number of aromatic amines is 2. The minimum Gasteiger partial charge on any atom is -0.381 e. The smallest absolute Gasteiger partial charge is 0.323 e. The van der Waals surface area contributed by atoms with Crippen molar-refractivity contribution in [1.82, 2.24) is 9.97 Å². The van der Waals surface area contributed by atoms with E-state index >= 15 is 0 Å². The number of nitrogens with one attached hydrogen (secondary N) is 2. The molecular weight excluding hydrogens is 192 g/mol. The number of hydrogen-bond acceptors (Lipinski definition) is 2. The highest BCUT2D eigenvalue weighted by molar-refractivity contribution is 5.74. The fourth-order valence-corrected chi connectivity index (χ4v) is 1.62. The molecule has 2 rings (SSSR count). The van der Waals surface area contributed by atoms with Crippen molar-refractivity contribution in [2.45, 2.75) is 19.4 Å². The number of rotatable bonds is 3. The minimum atomic E-state index is -0.165. The van der Waals surface area contributed by atoms with Gasteiger partial charge in [-0.15, -0.1) is 0 Å². The second kappa shape index (κ2) is 3.90. The summed E-state index contributed by atoms with van der Waals surface area (Å²) in [5.41, 5.74) is 2.68. The number of benzene rings is 1. The van der Waals surface area contributed by atoms with Crippen LogP contribution < -0.4 is 5.69 Å². The van der Waals surface area contributed by atoms with Gasteiger partial charge in [-0.25, -0.2) is 4.79 Å². The van der Waals surface area contributed by atoms with Crippen LogP contribution >= 0.6 is 0 Å². The van der Waals surface area contributed by atoms with Crippen LogP contribution in [0.25, 0.3) is 11.0 Å². The molecule has 0 aliphatic rings. The van der Waals surface area contributed by atoms with Gasteiger partial charge in [-0.1, -0.05) is 6.07 Å². The number of hydrogen-bond donors (Lipinski definition) is 2. The summed E-state index contributed by atoms with van der Waals surface area (Å²) in [6.07, 6.45) is 1.03. The van der Waals surface area contributed by atoms with Crippen molar-refractivity contribution in [3.05, 3.63) is 34.2 Å². The Morgan fingerprint density at radius 2 is 2.07 bits per heavy atom. The molecule has 80 valence electrons. The van der Waals surface area contributed by atoms with Crippen LogP contribution in [0.5, 0.6) is 0 Å². The van der Waals surface area contributed by atoms with Crippen molar-refractivity contribution >= 4 is 11.0 Å². The van der Waals surface area contributed by atoms with Crippen LogP contribution in [-0.4, -0.2) is 23.2 Å². The lowest BCUT2D eigenvalue weighted by atomic mass is 10.1. The predicted molar refractivity (Wildman–Crippen MR) is 59.1 cm³/mol. The van der Waals surface area contributed by atoms with Gasteiger partial charge in [-0.3, -0.25) is 0 Å². The first-order chi connectivity index (χ1) is 7.19. The summed E-state index contributed by atoms with van der Waals surface area (Å²) >= 11 is 0. The van der Waals surface area contributed by atoms with Gasteiger partial charge in [-0.2, -0.15) is 0 Å². The van der Waals surface area contributed by atoms with Crippen molar-refractivity contribution in [1.29, 1.82) is 0 Å². The van der Waals surface area contributed by atoms with Crippen molar-refractivity contribution in [2.75, 3.05) is 7.11 Å². The summed E-state index contributed by atoms with van der Waals surface area (Å²) in [5.74, 6) is 0. The molecule has 0 bridgehead atoms. The molecule has 1 aromatic heterocycles. The standard InChI is InChI=1S/C11H14N2O2/c1-7(15-2)5-8-3-4-9-10(6-8)13-11(14)12-9/h3-4,6-7H,5H2,1-2H3,(H2,12,13,14). The van der Waals surface area contributed by atoms with Gasteiger partial charge in [0.15, 0.2) is 0 Å². The largest absolute Gasteiger partial charge is 0.381 e. The Balaban J connectivity index is 2.34. The highest BCUT2D eigenvalue weighted by Crippen LogP contribution is 2.12. The van der Waals surface area contributed by atoms with Crippen molar-refractivity contribution < 1.29 is 4.74 Å². The lowest BCUT2D eigenvalue weighted by Crippen LogP contribution is -2.08. The van der Waals surface area contributed by atoms with Crippen LogP contribution in [0.15, 0.2) is 23.0 Å². The summed E-state index contributed by atoms with van der Waals surface area (Å²) in [6.45, 7) is 2.02. The van der Waals surface area contributed by atoms with Gasteiger partial charge in [0.25, 0.3) is 0 Å². The topological polar surface area (TPSA) is 57.9 Å². The first kappa shape index (κ1) is 9.98. The number of fused-ring (bicyclic) bond motifs is 1. The van der Waals surface area contributed by atoms with E-state index in [-0.39, 0.29) is 11.8 Å². The number of ether oxygens (including phenoxy) is 1. The SMILES string of the molecule is COC(C)Cc1ccc2[nH]c(=O)[nH]c2c1. The van der Waals surface area contributed by atoms with Gasteiger partial charge in [0.2, 0.25) is 0 Å². The molecule has 0 aliphatic heterocycles. The fraction of sp³-hybridized carbons (Fsp3) is 0.364. The summed E-state index contributed by atoms with van der Waals surface area (Å²) in [7, 11) is 1.70. The number of imidazole rings is 1. The first-order valence-corrected chi connectivity index (χ1v) is 4.93. The normalized spacial score (nSPS) is 13.2. The maximum atomic E-state index is 11.0. The highest BCUT2D eigenvalue weighted by atomic mass is 16.5. The second-order valence-electron chi connectivity index (χ2n) is 3.71. The molecule has 0 spiro atoms. The van der Waals surface area contributed by atoms with E-state index in [1.165, 1.54) is 0 Å². The molecule has 1 aromatic carbocycles. The zero-order valence-corrected chi connectivity index (χ0v) is 8.83. The molecule has 15 heavy (non-hydrogen) atoms. The summed E-state index contributed by atoms with van der Waals surface area (Å²) in [5, 5.41) is 0. The molecule has 0 saturated carbocycles. The van der Waals surface area contributed by atoms with Crippen LogP contribution in [0, 0.1) is 0 Å². The fourth-order valence-electron chi connectivity index (χ4n) is 1.62. The molecule has 1 heterocycles.